The summed E-state index contributed by atoms with van der Waals surface area (Å²) in [4.78, 5) is 13.7. The summed E-state index contributed by atoms with van der Waals surface area (Å²) < 4.78 is 13.7. The van der Waals surface area contributed by atoms with Crippen LogP contribution in [-0.4, -0.2) is 26.0 Å². The van der Waals surface area contributed by atoms with Crippen LogP contribution in [0, 0.1) is 5.82 Å². The molecule has 0 saturated heterocycles. The second-order valence-corrected chi connectivity index (χ2v) is 5.78. The molecule has 144 valence electrons. The highest BCUT2D eigenvalue weighted by Crippen LogP contribution is 2.17. The van der Waals surface area contributed by atoms with Crippen molar-refractivity contribution in [3.63, 3.8) is 0 Å². The van der Waals surface area contributed by atoms with Gasteiger partial charge in [0.15, 0.2) is 0 Å². The zero-order valence-corrected chi connectivity index (χ0v) is 16.4. The Bertz CT molecular complexity index is 685. The number of nitrogens with one attached hydrogen (secondary N) is 1. The summed E-state index contributed by atoms with van der Waals surface area (Å²) in [6.07, 6.45) is 1.80. The van der Waals surface area contributed by atoms with Gasteiger partial charge in [-0.3, -0.25) is 4.79 Å². The maximum Gasteiger partial charge on any atom is 0.220 e. The quantitative estimate of drug-likeness (QED) is 0.521. The van der Waals surface area contributed by atoms with E-state index in [4.69, 9.17) is 5.73 Å². The SMILES string of the molecule is CN(CCCNC(=O)CCc1ccccc1N)c1ccccc1F.Cl.Cl. The van der Waals surface area contributed by atoms with Crippen molar-refractivity contribution in [2.75, 3.05) is 30.8 Å². The van der Waals surface area contributed by atoms with E-state index in [1.807, 2.05) is 42.3 Å². The number of anilines is 2. The van der Waals surface area contributed by atoms with Crippen LogP contribution in [0.25, 0.3) is 0 Å². The van der Waals surface area contributed by atoms with E-state index in [2.05, 4.69) is 5.32 Å². The molecule has 0 spiro atoms. The van der Waals surface area contributed by atoms with Gasteiger partial charge in [0.1, 0.15) is 5.82 Å². The van der Waals surface area contributed by atoms with Crippen LogP contribution < -0.4 is 16.0 Å². The number of para-hydroxylation sites is 2. The number of nitrogens with two attached hydrogens (primary N) is 1. The van der Waals surface area contributed by atoms with Gasteiger partial charge >= 0.3 is 0 Å². The third-order valence-corrected chi connectivity index (χ3v) is 3.93. The average Bonchev–Trinajstić information content (AvgIpc) is 2.58. The van der Waals surface area contributed by atoms with Crippen LogP contribution in [0.4, 0.5) is 15.8 Å². The molecule has 0 aromatic heterocycles. The number of rotatable bonds is 8. The molecule has 0 saturated carbocycles. The summed E-state index contributed by atoms with van der Waals surface area (Å²) in [5.41, 5.74) is 8.15. The van der Waals surface area contributed by atoms with Crippen LogP contribution in [0.15, 0.2) is 48.5 Å². The lowest BCUT2D eigenvalue weighted by Crippen LogP contribution is -2.28. The zero-order chi connectivity index (χ0) is 17.4. The summed E-state index contributed by atoms with van der Waals surface area (Å²) in [6, 6.07) is 14.3. The predicted molar refractivity (Wildman–Crippen MR) is 111 cm³/mol. The topological polar surface area (TPSA) is 58.4 Å². The first-order chi connectivity index (χ1) is 11.6. The van der Waals surface area contributed by atoms with E-state index >= 15 is 0 Å². The van der Waals surface area contributed by atoms with Gasteiger partial charge in [-0.05, 0) is 36.6 Å². The molecule has 0 aliphatic rings. The van der Waals surface area contributed by atoms with E-state index < -0.39 is 0 Å². The number of halogens is 3. The smallest absolute Gasteiger partial charge is 0.220 e. The summed E-state index contributed by atoms with van der Waals surface area (Å²) >= 11 is 0. The van der Waals surface area contributed by atoms with Crippen LogP contribution in [0.1, 0.15) is 18.4 Å². The molecule has 2 aromatic rings. The molecule has 1 amide bonds. The molecule has 0 heterocycles. The number of hydrogen-bond donors (Lipinski definition) is 2. The molecule has 3 N–H and O–H groups in total. The lowest BCUT2D eigenvalue weighted by Gasteiger charge is -2.19. The maximum atomic E-state index is 13.7. The number of carbonyl (C=O) groups excluding carboxylic acids is 1. The minimum absolute atomic E-state index is 0. The van der Waals surface area contributed by atoms with Crippen LogP contribution in [0.2, 0.25) is 0 Å². The van der Waals surface area contributed by atoms with Crippen molar-refractivity contribution in [2.45, 2.75) is 19.3 Å². The summed E-state index contributed by atoms with van der Waals surface area (Å²) in [5, 5.41) is 2.89. The molecule has 0 fully saturated rings. The van der Waals surface area contributed by atoms with Crippen molar-refractivity contribution in [3.05, 3.63) is 59.9 Å². The fourth-order valence-electron chi connectivity index (χ4n) is 2.52. The Morgan fingerprint density at radius 1 is 1.12 bits per heavy atom. The molecule has 4 nitrogen and oxygen atoms in total. The molecule has 0 aliphatic heterocycles. The predicted octanol–water partition coefficient (Wildman–Crippen LogP) is 3.83. The van der Waals surface area contributed by atoms with Crippen molar-refractivity contribution >= 4 is 42.1 Å². The normalized spacial score (nSPS) is 9.62. The Morgan fingerprint density at radius 2 is 1.77 bits per heavy atom. The lowest BCUT2D eigenvalue weighted by molar-refractivity contribution is -0.121. The first-order valence-corrected chi connectivity index (χ1v) is 8.13. The molecule has 0 atom stereocenters. The Morgan fingerprint density at radius 3 is 2.46 bits per heavy atom. The fraction of sp³-hybridized carbons (Fsp3) is 0.316. The monoisotopic (exact) mass is 401 g/mol. The highest BCUT2D eigenvalue weighted by Gasteiger charge is 2.07. The molecule has 26 heavy (non-hydrogen) atoms. The summed E-state index contributed by atoms with van der Waals surface area (Å²) in [7, 11) is 1.85. The minimum atomic E-state index is -0.232. The van der Waals surface area contributed by atoms with E-state index in [-0.39, 0.29) is 36.5 Å². The molecule has 0 bridgehead atoms. The zero-order valence-electron chi connectivity index (χ0n) is 14.8. The number of benzene rings is 2. The van der Waals surface area contributed by atoms with Crippen molar-refractivity contribution in [1.82, 2.24) is 5.32 Å². The molecule has 2 rings (SSSR count). The van der Waals surface area contributed by atoms with Gasteiger partial charge in [0.25, 0.3) is 0 Å². The number of amides is 1. The van der Waals surface area contributed by atoms with Crippen LogP contribution in [0.5, 0.6) is 0 Å². The molecular weight excluding hydrogens is 376 g/mol. The van der Waals surface area contributed by atoms with Gasteiger partial charge in [-0.2, -0.15) is 0 Å². The largest absolute Gasteiger partial charge is 0.399 e. The number of aryl methyl sites for hydroxylation is 1. The average molecular weight is 402 g/mol. The van der Waals surface area contributed by atoms with E-state index in [0.717, 1.165) is 17.7 Å². The third kappa shape index (κ3) is 7.50. The van der Waals surface area contributed by atoms with Gasteiger partial charge < -0.3 is 16.0 Å². The van der Waals surface area contributed by atoms with Crippen LogP contribution in [0.3, 0.4) is 0 Å². The first kappa shape index (κ1) is 24.0. The Kier molecular flexibility index (Phi) is 11.4. The number of nitrogens with zero attached hydrogens (tertiary/aromatic N) is 1. The van der Waals surface area contributed by atoms with E-state index in [9.17, 15) is 9.18 Å². The molecular formula is C19H26Cl2FN3O. The van der Waals surface area contributed by atoms with Gasteiger partial charge in [0.05, 0.1) is 5.69 Å². The number of carbonyl (C=O) groups is 1. The molecule has 0 radical (unpaired) electrons. The van der Waals surface area contributed by atoms with Crippen molar-refractivity contribution in [1.29, 1.82) is 0 Å². The Hall–Kier alpha value is -1.98. The maximum absolute atomic E-state index is 13.7. The van der Waals surface area contributed by atoms with Crippen molar-refractivity contribution < 1.29 is 9.18 Å². The molecule has 0 aliphatic carbocycles. The molecule has 2 aromatic carbocycles. The van der Waals surface area contributed by atoms with Crippen LogP contribution in [-0.2, 0) is 11.2 Å². The standard InChI is InChI=1S/C19H24FN3O.2ClH/c1-23(18-10-5-3-8-16(18)20)14-6-13-22-19(24)12-11-15-7-2-4-9-17(15)21;;/h2-5,7-10H,6,11-14,21H2,1H3,(H,22,24);2*1H. The second-order valence-electron chi connectivity index (χ2n) is 5.78. The number of nitrogen functional groups attached to an aromatic ring is 1. The van der Waals surface area contributed by atoms with Gasteiger partial charge in [-0.1, -0.05) is 30.3 Å². The van der Waals surface area contributed by atoms with E-state index in [1.54, 1.807) is 12.1 Å². The van der Waals surface area contributed by atoms with Gasteiger partial charge in [0.2, 0.25) is 5.91 Å². The van der Waals surface area contributed by atoms with E-state index in [1.165, 1.54) is 6.07 Å². The highest BCUT2D eigenvalue weighted by atomic mass is 35.5. The second kappa shape index (κ2) is 12.4. The molecule has 7 heteroatoms. The van der Waals surface area contributed by atoms with Gasteiger partial charge in [-0.25, -0.2) is 4.39 Å². The Balaban J connectivity index is 0.00000312. The van der Waals surface area contributed by atoms with Crippen LogP contribution >= 0.6 is 24.8 Å². The van der Waals surface area contributed by atoms with E-state index in [0.29, 0.717) is 31.6 Å². The number of hydrogen-bond acceptors (Lipinski definition) is 3. The third-order valence-electron chi connectivity index (χ3n) is 3.93. The molecule has 0 unspecified atom stereocenters. The first-order valence-electron chi connectivity index (χ1n) is 8.13. The fourth-order valence-corrected chi connectivity index (χ4v) is 2.52. The lowest BCUT2D eigenvalue weighted by atomic mass is 10.1. The summed E-state index contributed by atoms with van der Waals surface area (Å²) in [5.74, 6) is -0.226. The Labute approximate surface area is 166 Å². The highest BCUT2D eigenvalue weighted by molar-refractivity contribution is 5.85. The summed E-state index contributed by atoms with van der Waals surface area (Å²) in [6.45, 7) is 1.24. The van der Waals surface area contributed by atoms with Gasteiger partial charge in [0, 0.05) is 32.2 Å². The van der Waals surface area contributed by atoms with Crippen molar-refractivity contribution in [3.8, 4) is 0 Å². The van der Waals surface area contributed by atoms with Gasteiger partial charge in [-0.15, -0.1) is 24.8 Å². The van der Waals surface area contributed by atoms with Crippen molar-refractivity contribution in [2.24, 2.45) is 0 Å². The minimum Gasteiger partial charge on any atom is -0.399 e.